The SMILES string of the molecule is CCN(Cc1ccccc1)c1ccc(C(=O)Nc2cccc(C(C)=O)c2)nn1. The summed E-state index contributed by atoms with van der Waals surface area (Å²) in [4.78, 5) is 26.0. The lowest BCUT2D eigenvalue weighted by molar-refractivity contribution is 0.100. The molecule has 0 saturated carbocycles. The van der Waals surface area contributed by atoms with E-state index in [9.17, 15) is 9.59 Å². The van der Waals surface area contributed by atoms with Gasteiger partial charge in [-0.25, -0.2) is 0 Å². The van der Waals surface area contributed by atoms with Gasteiger partial charge in [0, 0.05) is 24.3 Å². The minimum Gasteiger partial charge on any atom is -0.351 e. The number of amides is 1. The van der Waals surface area contributed by atoms with E-state index in [0.29, 0.717) is 17.1 Å². The van der Waals surface area contributed by atoms with Crippen LogP contribution in [0.4, 0.5) is 11.5 Å². The van der Waals surface area contributed by atoms with Crippen molar-refractivity contribution in [2.24, 2.45) is 0 Å². The number of rotatable bonds is 7. The molecule has 1 heterocycles. The van der Waals surface area contributed by atoms with Crippen LogP contribution < -0.4 is 10.2 Å². The van der Waals surface area contributed by atoms with Crippen LogP contribution in [-0.4, -0.2) is 28.4 Å². The molecule has 1 aromatic heterocycles. The first-order chi connectivity index (χ1) is 13.6. The van der Waals surface area contributed by atoms with Crippen LogP contribution in [0.15, 0.2) is 66.7 Å². The number of hydrogen-bond donors (Lipinski definition) is 1. The van der Waals surface area contributed by atoms with Gasteiger partial charge < -0.3 is 10.2 Å². The molecule has 1 N–H and O–H groups in total. The first-order valence-corrected chi connectivity index (χ1v) is 9.11. The van der Waals surface area contributed by atoms with E-state index in [1.807, 2.05) is 25.1 Å². The molecular weight excluding hydrogens is 352 g/mol. The van der Waals surface area contributed by atoms with Crippen molar-refractivity contribution < 1.29 is 9.59 Å². The topological polar surface area (TPSA) is 75.2 Å². The Kier molecular flexibility index (Phi) is 6.11. The van der Waals surface area contributed by atoms with Gasteiger partial charge >= 0.3 is 0 Å². The lowest BCUT2D eigenvalue weighted by Gasteiger charge is -2.21. The zero-order chi connectivity index (χ0) is 19.9. The normalized spacial score (nSPS) is 10.4. The third-order valence-electron chi connectivity index (χ3n) is 4.33. The monoisotopic (exact) mass is 374 g/mol. The minimum atomic E-state index is -0.370. The summed E-state index contributed by atoms with van der Waals surface area (Å²) in [6.07, 6.45) is 0. The number of Topliss-reactive ketones (excluding diaryl/α,β-unsaturated/α-hetero) is 1. The van der Waals surface area contributed by atoms with Crippen LogP contribution in [0.25, 0.3) is 0 Å². The second-order valence-electron chi connectivity index (χ2n) is 6.37. The van der Waals surface area contributed by atoms with Crippen LogP contribution in [0.2, 0.25) is 0 Å². The Balaban J connectivity index is 1.70. The number of hydrogen-bond acceptors (Lipinski definition) is 5. The van der Waals surface area contributed by atoms with E-state index in [1.165, 1.54) is 12.5 Å². The van der Waals surface area contributed by atoms with Crippen molar-refractivity contribution in [3.8, 4) is 0 Å². The lowest BCUT2D eigenvalue weighted by Crippen LogP contribution is -2.24. The molecule has 0 unspecified atom stereocenters. The molecule has 6 nitrogen and oxygen atoms in total. The Bertz CT molecular complexity index is 956. The predicted octanol–water partition coefficient (Wildman–Crippen LogP) is 3.96. The minimum absolute atomic E-state index is 0.0571. The van der Waals surface area contributed by atoms with Gasteiger partial charge in [0.05, 0.1) is 0 Å². The Morgan fingerprint density at radius 2 is 1.75 bits per heavy atom. The molecule has 0 saturated heterocycles. The maximum absolute atomic E-state index is 12.4. The largest absolute Gasteiger partial charge is 0.351 e. The van der Waals surface area contributed by atoms with Crippen molar-refractivity contribution in [1.29, 1.82) is 0 Å². The Hall–Kier alpha value is -3.54. The predicted molar refractivity (Wildman–Crippen MR) is 110 cm³/mol. The van der Waals surface area contributed by atoms with E-state index in [2.05, 4.69) is 32.5 Å². The summed E-state index contributed by atoms with van der Waals surface area (Å²) in [5, 5.41) is 11.0. The molecule has 0 fully saturated rings. The Morgan fingerprint density at radius 3 is 2.39 bits per heavy atom. The summed E-state index contributed by atoms with van der Waals surface area (Å²) in [6.45, 7) is 5.02. The van der Waals surface area contributed by atoms with Crippen LogP contribution in [0.3, 0.4) is 0 Å². The molecule has 1 amide bonds. The van der Waals surface area contributed by atoms with Crippen LogP contribution in [0.5, 0.6) is 0 Å². The Morgan fingerprint density at radius 1 is 0.964 bits per heavy atom. The number of aromatic nitrogens is 2. The molecule has 3 rings (SSSR count). The summed E-state index contributed by atoms with van der Waals surface area (Å²) in [7, 11) is 0. The number of carbonyl (C=O) groups is 2. The van der Waals surface area contributed by atoms with E-state index < -0.39 is 0 Å². The molecule has 0 bridgehead atoms. The highest BCUT2D eigenvalue weighted by Crippen LogP contribution is 2.15. The van der Waals surface area contributed by atoms with Crippen molar-refractivity contribution in [2.45, 2.75) is 20.4 Å². The molecule has 0 spiro atoms. The number of ketones is 1. The van der Waals surface area contributed by atoms with E-state index >= 15 is 0 Å². The lowest BCUT2D eigenvalue weighted by atomic mass is 10.1. The maximum atomic E-state index is 12.4. The standard InChI is InChI=1S/C22H22N4O2/c1-3-26(15-17-8-5-4-6-9-17)21-13-12-20(24-25-21)22(28)23-19-11-7-10-18(14-19)16(2)27/h4-14H,3,15H2,1-2H3,(H,23,28). The van der Waals surface area contributed by atoms with Crippen LogP contribution in [-0.2, 0) is 6.54 Å². The average Bonchev–Trinajstić information content (AvgIpc) is 2.73. The number of nitrogens with zero attached hydrogens (tertiary/aromatic N) is 3. The highest BCUT2D eigenvalue weighted by atomic mass is 16.2. The van der Waals surface area contributed by atoms with Gasteiger partial charge in [-0.2, -0.15) is 0 Å². The molecule has 142 valence electrons. The third-order valence-corrected chi connectivity index (χ3v) is 4.33. The summed E-state index contributed by atoms with van der Waals surface area (Å²) in [6, 6.07) is 20.4. The van der Waals surface area contributed by atoms with Gasteiger partial charge in [0.25, 0.3) is 5.91 Å². The first kappa shape index (κ1) is 19.2. The van der Waals surface area contributed by atoms with Gasteiger partial charge in [-0.05, 0) is 43.7 Å². The van der Waals surface area contributed by atoms with Gasteiger partial charge in [0.2, 0.25) is 0 Å². The third kappa shape index (κ3) is 4.79. The van der Waals surface area contributed by atoms with Crippen LogP contribution in [0.1, 0.15) is 40.3 Å². The quantitative estimate of drug-likeness (QED) is 0.634. The number of benzene rings is 2. The molecule has 0 atom stereocenters. The fourth-order valence-electron chi connectivity index (χ4n) is 2.78. The van der Waals surface area contributed by atoms with Gasteiger partial charge in [0.1, 0.15) is 0 Å². The van der Waals surface area contributed by atoms with Gasteiger partial charge in [-0.3, -0.25) is 9.59 Å². The highest BCUT2D eigenvalue weighted by Gasteiger charge is 2.12. The Labute approximate surface area is 164 Å². The molecule has 28 heavy (non-hydrogen) atoms. The second kappa shape index (κ2) is 8.90. The van der Waals surface area contributed by atoms with Gasteiger partial charge in [-0.1, -0.05) is 42.5 Å². The summed E-state index contributed by atoms with van der Waals surface area (Å²) in [5.74, 6) is 0.283. The fourth-order valence-corrected chi connectivity index (χ4v) is 2.78. The smallest absolute Gasteiger partial charge is 0.276 e. The van der Waals surface area contributed by atoms with Gasteiger partial charge in [0.15, 0.2) is 17.3 Å². The van der Waals surface area contributed by atoms with E-state index in [4.69, 9.17) is 0 Å². The van der Waals surface area contributed by atoms with Crippen molar-refractivity contribution >= 4 is 23.2 Å². The zero-order valence-corrected chi connectivity index (χ0v) is 15.9. The average molecular weight is 374 g/mol. The molecule has 6 heteroatoms. The maximum Gasteiger partial charge on any atom is 0.276 e. The summed E-state index contributed by atoms with van der Waals surface area (Å²) >= 11 is 0. The van der Waals surface area contributed by atoms with Crippen molar-refractivity contribution in [1.82, 2.24) is 10.2 Å². The first-order valence-electron chi connectivity index (χ1n) is 9.11. The van der Waals surface area contributed by atoms with Crippen molar-refractivity contribution in [3.05, 3.63) is 83.6 Å². The van der Waals surface area contributed by atoms with E-state index in [-0.39, 0.29) is 17.4 Å². The molecular formula is C22H22N4O2. The summed E-state index contributed by atoms with van der Waals surface area (Å²) in [5.41, 5.74) is 2.48. The van der Waals surface area contributed by atoms with Crippen LogP contribution in [0, 0.1) is 0 Å². The highest BCUT2D eigenvalue weighted by molar-refractivity contribution is 6.03. The molecule has 0 aliphatic heterocycles. The molecule has 0 aliphatic rings. The van der Waals surface area contributed by atoms with Gasteiger partial charge in [-0.15, -0.1) is 10.2 Å². The van der Waals surface area contributed by atoms with E-state index in [0.717, 1.165) is 13.1 Å². The van der Waals surface area contributed by atoms with Crippen molar-refractivity contribution in [2.75, 3.05) is 16.8 Å². The molecule has 0 radical (unpaired) electrons. The fraction of sp³-hybridized carbons (Fsp3) is 0.182. The molecule has 3 aromatic rings. The number of carbonyl (C=O) groups excluding carboxylic acids is 2. The van der Waals surface area contributed by atoms with Crippen LogP contribution >= 0.6 is 0 Å². The zero-order valence-electron chi connectivity index (χ0n) is 15.9. The van der Waals surface area contributed by atoms with E-state index in [1.54, 1.807) is 36.4 Å². The number of nitrogens with one attached hydrogen (secondary N) is 1. The second-order valence-corrected chi connectivity index (χ2v) is 6.37. The summed E-state index contributed by atoms with van der Waals surface area (Å²) < 4.78 is 0. The van der Waals surface area contributed by atoms with Crippen molar-refractivity contribution in [3.63, 3.8) is 0 Å². The number of anilines is 2. The molecule has 2 aromatic carbocycles. The molecule has 0 aliphatic carbocycles.